The molecule has 0 fully saturated rings. The summed E-state index contributed by atoms with van der Waals surface area (Å²) in [6.07, 6.45) is 3.53. The molecule has 0 bridgehead atoms. The number of nitrogens with zero attached hydrogens (tertiary/aromatic N) is 1. The van der Waals surface area contributed by atoms with Gasteiger partial charge in [0.15, 0.2) is 0 Å². The SMILES string of the molecule is C=CC(=C)c1ccc(C)cn1. The molecule has 0 aliphatic heterocycles. The number of pyridine rings is 1. The molecule has 1 heterocycles. The third kappa shape index (κ3) is 1.77. The fraction of sp³-hybridized carbons (Fsp3) is 0.100. The number of allylic oxidation sites excluding steroid dienone is 2. The first-order chi connectivity index (χ1) is 5.24. The minimum Gasteiger partial charge on any atom is -0.256 e. The van der Waals surface area contributed by atoms with Gasteiger partial charge >= 0.3 is 0 Å². The topological polar surface area (TPSA) is 12.9 Å². The summed E-state index contributed by atoms with van der Waals surface area (Å²) in [5.74, 6) is 0. The van der Waals surface area contributed by atoms with E-state index in [0.717, 1.165) is 16.8 Å². The average Bonchev–Trinajstić information content (AvgIpc) is 2.05. The van der Waals surface area contributed by atoms with E-state index in [1.54, 1.807) is 6.08 Å². The van der Waals surface area contributed by atoms with Gasteiger partial charge in [-0.25, -0.2) is 0 Å². The number of hydrogen-bond acceptors (Lipinski definition) is 1. The molecule has 1 aromatic heterocycles. The van der Waals surface area contributed by atoms with Crippen LogP contribution in [0.25, 0.3) is 5.57 Å². The van der Waals surface area contributed by atoms with Crippen molar-refractivity contribution >= 4 is 5.57 Å². The summed E-state index contributed by atoms with van der Waals surface area (Å²) in [4.78, 5) is 4.18. The smallest absolute Gasteiger partial charge is 0.0695 e. The van der Waals surface area contributed by atoms with Crippen molar-refractivity contribution in [1.82, 2.24) is 4.98 Å². The minimum absolute atomic E-state index is 0.866. The van der Waals surface area contributed by atoms with Crippen molar-refractivity contribution in [3.05, 3.63) is 48.8 Å². The van der Waals surface area contributed by atoms with Crippen LogP contribution in [-0.4, -0.2) is 4.98 Å². The van der Waals surface area contributed by atoms with Crippen LogP contribution >= 0.6 is 0 Å². The van der Waals surface area contributed by atoms with Crippen LogP contribution < -0.4 is 0 Å². The number of aromatic nitrogens is 1. The quantitative estimate of drug-likeness (QED) is 0.583. The maximum atomic E-state index is 4.18. The first-order valence-electron chi connectivity index (χ1n) is 3.48. The van der Waals surface area contributed by atoms with Gasteiger partial charge in [-0.2, -0.15) is 0 Å². The van der Waals surface area contributed by atoms with Gasteiger partial charge in [-0.05, 0) is 24.1 Å². The molecule has 0 radical (unpaired) electrons. The first-order valence-corrected chi connectivity index (χ1v) is 3.48. The lowest BCUT2D eigenvalue weighted by molar-refractivity contribution is 1.23. The van der Waals surface area contributed by atoms with Crippen molar-refractivity contribution in [3.8, 4) is 0 Å². The fourth-order valence-electron chi connectivity index (χ4n) is 0.762. The second-order valence-electron chi connectivity index (χ2n) is 2.45. The van der Waals surface area contributed by atoms with Crippen molar-refractivity contribution in [1.29, 1.82) is 0 Å². The van der Waals surface area contributed by atoms with Crippen LogP contribution in [0.5, 0.6) is 0 Å². The molecule has 1 aromatic rings. The zero-order valence-electron chi connectivity index (χ0n) is 6.67. The molecule has 0 unspecified atom stereocenters. The van der Waals surface area contributed by atoms with Crippen LogP contribution in [0.4, 0.5) is 0 Å². The number of hydrogen-bond donors (Lipinski definition) is 0. The molecule has 0 spiro atoms. The predicted molar refractivity (Wildman–Crippen MR) is 48.2 cm³/mol. The van der Waals surface area contributed by atoms with E-state index in [2.05, 4.69) is 18.1 Å². The van der Waals surface area contributed by atoms with Gasteiger partial charge in [0.05, 0.1) is 5.69 Å². The summed E-state index contributed by atoms with van der Waals surface area (Å²) >= 11 is 0. The molecule has 1 nitrogen and oxygen atoms in total. The monoisotopic (exact) mass is 145 g/mol. The van der Waals surface area contributed by atoms with E-state index in [4.69, 9.17) is 0 Å². The van der Waals surface area contributed by atoms with E-state index < -0.39 is 0 Å². The van der Waals surface area contributed by atoms with E-state index in [-0.39, 0.29) is 0 Å². The molecular formula is C10H11N. The summed E-state index contributed by atoms with van der Waals surface area (Å²) in [5.41, 5.74) is 2.92. The Morgan fingerprint density at radius 2 is 2.27 bits per heavy atom. The van der Waals surface area contributed by atoms with Gasteiger partial charge < -0.3 is 0 Å². The van der Waals surface area contributed by atoms with Crippen LogP contribution in [0.2, 0.25) is 0 Å². The Bertz CT molecular complexity index is 269. The van der Waals surface area contributed by atoms with Gasteiger partial charge in [-0.15, -0.1) is 0 Å². The largest absolute Gasteiger partial charge is 0.256 e. The summed E-state index contributed by atoms with van der Waals surface area (Å²) in [7, 11) is 0. The van der Waals surface area contributed by atoms with Crippen LogP contribution in [0.15, 0.2) is 37.6 Å². The van der Waals surface area contributed by atoms with Gasteiger partial charge in [0.1, 0.15) is 0 Å². The standard InChI is InChI=1S/C10H11N/c1-4-9(3)10-6-5-8(2)7-11-10/h4-7H,1,3H2,2H3. The second-order valence-corrected chi connectivity index (χ2v) is 2.45. The summed E-state index contributed by atoms with van der Waals surface area (Å²) in [6.45, 7) is 9.42. The molecule has 0 saturated heterocycles. The van der Waals surface area contributed by atoms with Gasteiger partial charge in [0, 0.05) is 6.20 Å². The van der Waals surface area contributed by atoms with E-state index in [1.807, 2.05) is 25.3 Å². The molecular weight excluding hydrogens is 134 g/mol. The molecule has 11 heavy (non-hydrogen) atoms. The van der Waals surface area contributed by atoms with E-state index in [9.17, 15) is 0 Å². The molecule has 0 atom stereocenters. The minimum atomic E-state index is 0.866. The summed E-state index contributed by atoms with van der Waals surface area (Å²) < 4.78 is 0. The molecule has 0 aliphatic carbocycles. The maximum absolute atomic E-state index is 4.18. The van der Waals surface area contributed by atoms with Crippen LogP contribution in [-0.2, 0) is 0 Å². The highest BCUT2D eigenvalue weighted by atomic mass is 14.7. The van der Waals surface area contributed by atoms with Crippen molar-refractivity contribution in [2.75, 3.05) is 0 Å². The van der Waals surface area contributed by atoms with E-state index >= 15 is 0 Å². The zero-order chi connectivity index (χ0) is 8.27. The molecule has 1 heteroatoms. The van der Waals surface area contributed by atoms with Crippen LogP contribution in [0.1, 0.15) is 11.3 Å². The van der Waals surface area contributed by atoms with Gasteiger partial charge in [0.25, 0.3) is 0 Å². The Labute approximate surface area is 67.1 Å². The van der Waals surface area contributed by atoms with Crippen molar-refractivity contribution in [3.63, 3.8) is 0 Å². The second kappa shape index (κ2) is 3.15. The highest BCUT2D eigenvalue weighted by molar-refractivity contribution is 5.68. The molecule has 0 amide bonds. The van der Waals surface area contributed by atoms with Crippen molar-refractivity contribution in [2.24, 2.45) is 0 Å². The molecule has 0 saturated carbocycles. The Kier molecular flexibility index (Phi) is 2.21. The summed E-state index contributed by atoms with van der Waals surface area (Å²) in [6, 6.07) is 3.95. The third-order valence-electron chi connectivity index (χ3n) is 1.49. The van der Waals surface area contributed by atoms with Gasteiger partial charge in [0.2, 0.25) is 0 Å². The van der Waals surface area contributed by atoms with Crippen molar-refractivity contribution in [2.45, 2.75) is 6.92 Å². The normalized spacial score (nSPS) is 9.18. The Morgan fingerprint density at radius 3 is 2.73 bits per heavy atom. The number of rotatable bonds is 2. The Morgan fingerprint density at radius 1 is 1.55 bits per heavy atom. The van der Waals surface area contributed by atoms with Gasteiger partial charge in [-0.3, -0.25) is 4.98 Å². The molecule has 0 aromatic carbocycles. The van der Waals surface area contributed by atoms with Gasteiger partial charge in [-0.1, -0.05) is 25.3 Å². The lowest BCUT2D eigenvalue weighted by Crippen LogP contribution is -1.84. The predicted octanol–water partition coefficient (Wildman–Crippen LogP) is 2.59. The Hall–Kier alpha value is -1.37. The first kappa shape index (κ1) is 7.73. The van der Waals surface area contributed by atoms with Crippen LogP contribution in [0.3, 0.4) is 0 Å². The highest BCUT2D eigenvalue weighted by Gasteiger charge is 1.93. The molecule has 1 rings (SSSR count). The van der Waals surface area contributed by atoms with Crippen LogP contribution in [0, 0.1) is 6.92 Å². The fourth-order valence-corrected chi connectivity index (χ4v) is 0.762. The van der Waals surface area contributed by atoms with E-state index in [0.29, 0.717) is 0 Å². The Balaban J connectivity index is 2.98. The van der Waals surface area contributed by atoms with Crippen molar-refractivity contribution < 1.29 is 0 Å². The molecule has 0 N–H and O–H groups in total. The molecule has 56 valence electrons. The number of aryl methyl sites for hydroxylation is 1. The zero-order valence-corrected chi connectivity index (χ0v) is 6.67. The third-order valence-corrected chi connectivity index (χ3v) is 1.49. The lowest BCUT2D eigenvalue weighted by Gasteiger charge is -1.97. The highest BCUT2D eigenvalue weighted by Crippen LogP contribution is 2.09. The lowest BCUT2D eigenvalue weighted by atomic mass is 10.2. The average molecular weight is 145 g/mol. The molecule has 0 aliphatic rings. The maximum Gasteiger partial charge on any atom is 0.0695 e. The van der Waals surface area contributed by atoms with E-state index in [1.165, 1.54) is 0 Å². The summed E-state index contributed by atoms with van der Waals surface area (Å²) in [5, 5.41) is 0.